The molecule has 0 radical (unpaired) electrons. The van der Waals surface area contributed by atoms with Gasteiger partial charge in [-0.1, -0.05) is 13.8 Å². The molecular weight excluding hydrogens is 291 g/mol. The van der Waals surface area contributed by atoms with E-state index in [0.717, 1.165) is 0 Å². The van der Waals surface area contributed by atoms with Gasteiger partial charge in [0.1, 0.15) is 0 Å². The van der Waals surface area contributed by atoms with Gasteiger partial charge in [0.2, 0.25) is 0 Å². The van der Waals surface area contributed by atoms with E-state index in [4.69, 9.17) is 5.11 Å². The average molecular weight is 307 g/mol. The van der Waals surface area contributed by atoms with Crippen LogP contribution in [0.25, 0.3) is 0 Å². The van der Waals surface area contributed by atoms with E-state index in [1.807, 2.05) is 0 Å². The van der Waals surface area contributed by atoms with Crippen molar-refractivity contribution in [2.24, 2.45) is 5.41 Å². The largest absolute Gasteiger partial charge is 0.446 e. The summed E-state index contributed by atoms with van der Waals surface area (Å²) in [5, 5.41) is 11.7. The lowest BCUT2D eigenvalue weighted by molar-refractivity contribution is -0.0328. The van der Waals surface area contributed by atoms with Crippen molar-refractivity contribution in [3.05, 3.63) is 29.8 Å². The van der Waals surface area contributed by atoms with Crippen LogP contribution in [-0.4, -0.2) is 29.7 Å². The fraction of sp³-hybridized carbons (Fsp3) is 0.462. The summed E-state index contributed by atoms with van der Waals surface area (Å²) < 4.78 is 36.5. The van der Waals surface area contributed by atoms with E-state index in [9.17, 15) is 18.0 Å². The molecule has 20 heavy (non-hydrogen) atoms. The maximum atomic E-state index is 12.2. The third-order valence-electron chi connectivity index (χ3n) is 2.51. The van der Waals surface area contributed by atoms with E-state index in [2.05, 4.69) is 5.32 Å². The minimum Gasteiger partial charge on any atom is -0.396 e. The highest BCUT2D eigenvalue weighted by Gasteiger charge is 2.29. The van der Waals surface area contributed by atoms with Crippen molar-refractivity contribution in [3.8, 4) is 0 Å². The predicted molar refractivity (Wildman–Crippen MR) is 71.6 cm³/mol. The summed E-state index contributed by atoms with van der Waals surface area (Å²) in [5.41, 5.74) is -4.50. The predicted octanol–water partition coefficient (Wildman–Crippen LogP) is 3.05. The summed E-state index contributed by atoms with van der Waals surface area (Å²) in [7, 11) is 0. The number of alkyl halides is 3. The lowest BCUT2D eigenvalue weighted by Crippen LogP contribution is -2.36. The molecule has 0 atom stereocenters. The van der Waals surface area contributed by atoms with Gasteiger partial charge in [0, 0.05) is 29.0 Å². The first-order valence-corrected chi connectivity index (χ1v) is 6.69. The molecule has 1 aromatic rings. The number of aliphatic hydroxyl groups excluding tert-OH is 1. The Morgan fingerprint density at radius 2 is 1.80 bits per heavy atom. The summed E-state index contributed by atoms with van der Waals surface area (Å²) in [6, 6.07) is 5.19. The number of nitrogens with one attached hydrogen (secondary N) is 1. The Morgan fingerprint density at radius 1 is 1.25 bits per heavy atom. The van der Waals surface area contributed by atoms with Gasteiger partial charge >= 0.3 is 5.51 Å². The molecular formula is C13H16F3NO2S. The van der Waals surface area contributed by atoms with Crippen LogP contribution in [0.2, 0.25) is 0 Å². The summed E-state index contributed by atoms with van der Waals surface area (Å²) in [4.78, 5) is 11.8. The molecule has 1 aromatic carbocycles. The highest BCUT2D eigenvalue weighted by molar-refractivity contribution is 8.00. The van der Waals surface area contributed by atoms with Crippen molar-refractivity contribution >= 4 is 17.7 Å². The third-order valence-corrected chi connectivity index (χ3v) is 3.24. The number of thioether (sulfide) groups is 1. The lowest BCUT2D eigenvalue weighted by Gasteiger charge is -2.21. The van der Waals surface area contributed by atoms with Gasteiger partial charge in [-0.05, 0) is 36.0 Å². The molecule has 1 amide bonds. The Labute approximate surface area is 119 Å². The molecule has 0 heterocycles. The van der Waals surface area contributed by atoms with Crippen LogP contribution in [0.5, 0.6) is 0 Å². The summed E-state index contributed by atoms with van der Waals surface area (Å²) in [5.74, 6) is -0.380. The number of hydrogen-bond donors (Lipinski definition) is 2. The molecule has 0 aromatic heterocycles. The van der Waals surface area contributed by atoms with Gasteiger partial charge in [0.15, 0.2) is 0 Å². The molecule has 3 nitrogen and oxygen atoms in total. The summed E-state index contributed by atoms with van der Waals surface area (Å²) >= 11 is -0.222. The van der Waals surface area contributed by atoms with E-state index >= 15 is 0 Å². The van der Waals surface area contributed by atoms with Crippen molar-refractivity contribution in [3.63, 3.8) is 0 Å². The van der Waals surface area contributed by atoms with Gasteiger partial charge in [0.25, 0.3) is 5.91 Å². The molecule has 0 bridgehead atoms. The molecule has 112 valence electrons. The molecule has 0 aliphatic heterocycles. The van der Waals surface area contributed by atoms with Crippen LogP contribution in [0.1, 0.15) is 24.2 Å². The van der Waals surface area contributed by atoms with Crippen LogP contribution < -0.4 is 5.32 Å². The molecule has 0 unspecified atom stereocenters. The van der Waals surface area contributed by atoms with E-state index in [-0.39, 0.29) is 41.3 Å². The van der Waals surface area contributed by atoms with E-state index in [1.165, 1.54) is 24.3 Å². The zero-order valence-electron chi connectivity index (χ0n) is 11.1. The quantitative estimate of drug-likeness (QED) is 0.822. The molecule has 7 heteroatoms. The Morgan fingerprint density at radius 3 is 2.25 bits per heavy atom. The fourth-order valence-corrected chi connectivity index (χ4v) is 1.82. The zero-order valence-corrected chi connectivity index (χ0v) is 11.9. The summed E-state index contributed by atoms with van der Waals surface area (Å²) in [6.45, 7) is 3.78. The first-order valence-electron chi connectivity index (χ1n) is 5.88. The van der Waals surface area contributed by atoms with Gasteiger partial charge in [-0.25, -0.2) is 0 Å². The van der Waals surface area contributed by atoms with Crippen LogP contribution >= 0.6 is 11.8 Å². The number of aliphatic hydroxyl groups is 1. The van der Waals surface area contributed by atoms with E-state index < -0.39 is 10.9 Å². The Kier molecular flexibility index (Phi) is 5.47. The van der Waals surface area contributed by atoms with Gasteiger partial charge in [-0.3, -0.25) is 4.79 Å². The van der Waals surface area contributed by atoms with Gasteiger partial charge in [-0.2, -0.15) is 13.2 Å². The Hall–Kier alpha value is -1.21. The zero-order chi connectivity index (χ0) is 15.4. The third kappa shape index (κ3) is 5.83. The highest BCUT2D eigenvalue weighted by Crippen LogP contribution is 2.36. The molecule has 0 fully saturated rings. The van der Waals surface area contributed by atoms with Crippen molar-refractivity contribution in [2.75, 3.05) is 13.2 Å². The standard InChI is InChI=1S/C13H16F3NO2S/c1-12(2,8-18)7-17-11(19)9-3-5-10(6-4-9)20-13(14,15)16/h3-6,18H,7-8H2,1-2H3,(H,17,19). The van der Waals surface area contributed by atoms with Crippen LogP contribution in [0, 0.1) is 5.41 Å². The minimum atomic E-state index is -4.34. The van der Waals surface area contributed by atoms with Crippen LogP contribution in [0.4, 0.5) is 13.2 Å². The maximum Gasteiger partial charge on any atom is 0.446 e. The average Bonchev–Trinajstić information content (AvgIpc) is 2.35. The summed E-state index contributed by atoms with van der Waals surface area (Å²) in [6.07, 6.45) is 0. The first-order chi connectivity index (χ1) is 9.13. The number of amides is 1. The number of halogens is 3. The van der Waals surface area contributed by atoms with Crippen molar-refractivity contribution in [2.45, 2.75) is 24.3 Å². The van der Waals surface area contributed by atoms with E-state index in [1.54, 1.807) is 13.8 Å². The van der Waals surface area contributed by atoms with E-state index in [0.29, 0.717) is 0 Å². The van der Waals surface area contributed by atoms with Gasteiger partial charge in [-0.15, -0.1) is 0 Å². The normalized spacial score (nSPS) is 12.3. The molecule has 0 saturated carbocycles. The molecule has 0 saturated heterocycles. The second-order valence-corrected chi connectivity index (χ2v) is 6.22. The number of carbonyl (C=O) groups excluding carboxylic acids is 1. The Balaban J connectivity index is 2.62. The van der Waals surface area contributed by atoms with Gasteiger partial charge in [0.05, 0.1) is 0 Å². The first kappa shape index (κ1) is 16.8. The number of carbonyl (C=O) groups is 1. The molecule has 0 aliphatic carbocycles. The fourth-order valence-electron chi connectivity index (χ4n) is 1.29. The molecule has 0 spiro atoms. The minimum absolute atomic E-state index is 0.0322. The second-order valence-electron chi connectivity index (χ2n) is 5.08. The van der Waals surface area contributed by atoms with Crippen molar-refractivity contribution in [1.82, 2.24) is 5.32 Å². The van der Waals surface area contributed by atoms with Crippen molar-refractivity contribution in [1.29, 1.82) is 0 Å². The molecule has 0 aliphatic rings. The molecule has 1 rings (SSSR count). The monoisotopic (exact) mass is 307 g/mol. The van der Waals surface area contributed by atoms with Crippen molar-refractivity contribution < 1.29 is 23.1 Å². The maximum absolute atomic E-state index is 12.2. The smallest absolute Gasteiger partial charge is 0.396 e. The Bertz CT molecular complexity index is 458. The van der Waals surface area contributed by atoms with Crippen LogP contribution in [0.15, 0.2) is 29.2 Å². The molecule has 2 N–H and O–H groups in total. The topological polar surface area (TPSA) is 49.3 Å². The SMILES string of the molecule is CC(C)(CO)CNC(=O)c1ccc(SC(F)(F)F)cc1. The van der Waals surface area contributed by atoms with Gasteiger partial charge < -0.3 is 10.4 Å². The second kappa shape index (κ2) is 6.49. The number of hydrogen-bond acceptors (Lipinski definition) is 3. The van der Waals surface area contributed by atoms with Crippen LogP contribution in [0.3, 0.4) is 0 Å². The van der Waals surface area contributed by atoms with Crippen LogP contribution in [-0.2, 0) is 0 Å². The lowest BCUT2D eigenvalue weighted by atomic mass is 9.95. The highest BCUT2D eigenvalue weighted by atomic mass is 32.2. The number of benzene rings is 1. The number of rotatable bonds is 5.